The lowest BCUT2D eigenvalue weighted by Crippen LogP contribution is -2.51. The van der Waals surface area contributed by atoms with Crippen LogP contribution in [-0.2, 0) is 4.79 Å². The average molecular weight is 359 g/mol. The number of hydrogen-bond acceptors (Lipinski definition) is 2. The third-order valence-electron chi connectivity index (χ3n) is 3.58. The molecule has 0 aromatic heterocycles. The number of carboxylic acids is 1. The van der Waals surface area contributed by atoms with Crippen LogP contribution in [0.3, 0.4) is 0 Å². The molecule has 2 N–H and O–H groups in total. The fourth-order valence-electron chi connectivity index (χ4n) is 2.40. The summed E-state index contributed by atoms with van der Waals surface area (Å²) in [6, 6.07) is 2.73. The van der Waals surface area contributed by atoms with Crippen LogP contribution in [0.15, 0.2) is 22.7 Å². The number of carbonyl (C=O) groups is 2. The van der Waals surface area contributed by atoms with Crippen molar-refractivity contribution in [3.05, 3.63) is 28.5 Å². The molecule has 0 radical (unpaired) electrons. The van der Waals surface area contributed by atoms with E-state index in [1.165, 1.54) is 23.1 Å². The van der Waals surface area contributed by atoms with E-state index >= 15 is 0 Å². The Kier molecular flexibility index (Phi) is 4.82. The van der Waals surface area contributed by atoms with Gasteiger partial charge in [-0.15, -0.1) is 0 Å². The van der Waals surface area contributed by atoms with Crippen molar-refractivity contribution in [2.75, 3.05) is 11.9 Å². The second kappa shape index (κ2) is 6.43. The summed E-state index contributed by atoms with van der Waals surface area (Å²) >= 11 is 3.20. The molecule has 5 nitrogen and oxygen atoms in total. The molecule has 2 amide bonds. The fourth-order valence-corrected chi connectivity index (χ4v) is 2.76. The molecule has 1 heterocycles. The van der Waals surface area contributed by atoms with E-state index in [9.17, 15) is 19.1 Å². The van der Waals surface area contributed by atoms with Crippen LogP contribution >= 0.6 is 15.9 Å². The Bertz CT molecular complexity index is 567. The van der Waals surface area contributed by atoms with Gasteiger partial charge in [0, 0.05) is 11.0 Å². The zero-order valence-corrected chi connectivity index (χ0v) is 13.1. The van der Waals surface area contributed by atoms with E-state index in [2.05, 4.69) is 21.2 Å². The maximum atomic E-state index is 13.6. The van der Waals surface area contributed by atoms with Crippen molar-refractivity contribution >= 4 is 33.6 Å². The van der Waals surface area contributed by atoms with Crippen molar-refractivity contribution < 1.29 is 19.1 Å². The summed E-state index contributed by atoms with van der Waals surface area (Å²) in [5.74, 6) is -1.35. The van der Waals surface area contributed by atoms with Gasteiger partial charge in [0.15, 0.2) is 0 Å². The van der Waals surface area contributed by atoms with E-state index in [0.717, 1.165) is 6.42 Å². The van der Waals surface area contributed by atoms with Crippen molar-refractivity contribution in [1.82, 2.24) is 4.90 Å². The number of urea groups is 1. The Labute approximate surface area is 130 Å². The molecule has 114 valence electrons. The zero-order chi connectivity index (χ0) is 15.6. The third kappa shape index (κ3) is 3.72. The summed E-state index contributed by atoms with van der Waals surface area (Å²) in [6.45, 7) is 2.30. The predicted molar refractivity (Wildman–Crippen MR) is 79.6 cm³/mol. The number of benzene rings is 1. The van der Waals surface area contributed by atoms with Crippen molar-refractivity contribution in [3.63, 3.8) is 0 Å². The Morgan fingerprint density at radius 3 is 2.86 bits per heavy atom. The monoisotopic (exact) mass is 358 g/mol. The number of nitrogens with zero attached hydrogens (tertiary/aromatic N) is 1. The maximum Gasteiger partial charge on any atom is 0.326 e. The van der Waals surface area contributed by atoms with Gasteiger partial charge in [0.2, 0.25) is 0 Å². The average Bonchev–Trinajstić information content (AvgIpc) is 2.42. The number of nitrogens with one attached hydrogen (secondary N) is 1. The summed E-state index contributed by atoms with van der Waals surface area (Å²) < 4.78 is 14.3. The molecule has 1 saturated heterocycles. The van der Waals surface area contributed by atoms with Crippen LogP contribution in [0.2, 0.25) is 0 Å². The molecule has 0 aliphatic carbocycles. The maximum absolute atomic E-state index is 13.6. The van der Waals surface area contributed by atoms with E-state index in [4.69, 9.17) is 0 Å². The Hall–Kier alpha value is -1.63. The second-order valence-electron chi connectivity index (χ2n) is 5.23. The zero-order valence-electron chi connectivity index (χ0n) is 11.5. The molecule has 2 rings (SSSR count). The number of hydrogen-bond donors (Lipinski definition) is 2. The van der Waals surface area contributed by atoms with E-state index in [-0.39, 0.29) is 11.6 Å². The number of halogens is 2. The highest BCUT2D eigenvalue weighted by atomic mass is 79.9. The minimum absolute atomic E-state index is 0.0251. The highest BCUT2D eigenvalue weighted by Crippen LogP contribution is 2.25. The first-order valence-corrected chi connectivity index (χ1v) is 7.43. The van der Waals surface area contributed by atoms with Gasteiger partial charge in [0.25, 0.3) is 0 Å². The third-order valence-corrected chi connectivity index (χ3v) is 4.07. The molecule has 2 atom stereocenters. The van der Waals surface area contributed by atoms with Gasteiger partial charge in [-0.25, -0.2) is 14.0 Å². The van der Waals surface area contributed by atoms with Gasteiger partial charge in [-0.1, -0.05) is 22.9 Å². The van der Waals surface area contributed by atoms with Crippen LogP contribution in [-0.4, -0.2) is 34.6 Å². The van der Waals surface area contributed by atoms with Gasteiger partial charge in [-0.05, 0) is 37.0 Å². The van der Waals surface area contributed by atoms with Gasteiger partial charge in [0.1, 0.15) is 11.9 Å². The summed E-state index contributed by atoms with van der Waals surface area (Å²) in [5.41, 5.74) is 0.0251. The number of likely N-dealkylation sites (tertiary alicyclic amines) is 1. The van der Waals surface area contributed by atoms with Gasteiger partial charge in [-0.2, -0.15) is 0 Å². The molecule has 1 aromatic rings. The molecule has 0 saturated carbocycles. The molecule has 2 unspecified atom stereocenters. The number of carboxylic acid groups (broad SMARTS) is 1. The Balaban J connectivity index is 2.15. The van der Waals surface area contributed by atoms with Crippen LogP contribution in [0.1, 0.15) is 19.8 Å². The van der Waals surface area contributed by atoms with Crippen LogP contribution < -0.4 is 5.32 Å². The first-order chi connectivity index (χ1) is 9.88. The number of amides is 2. The summed E-state index contributed by atoms with van der Waals surface area (Å²) in [6.07, 6.45) is 1.14. The summed E-state index contributed by atoms with van der Waals surface area (Å²) in [5, 5.41) is 11.7. The smallest absolute Gasteiger partial charge is 0.326 e. The first kappa shape index (κ1) is 15.8. The van der Waals surface area contributed by atoms with Crippen molar-refractivity contribution in [1.29, 1.82) is 0 Å². The number of anilines is 1. The van der Waals surface area contributed by atoms with Gasteiger partial charge >= 0.3 is 12.0 Å². The molecule has 1 fully saturated rings. The van der Waals surface area contributed by atoms with Crippen molar-refractivity contribution in [2.24, 2.45) is 5.92 Å². The molecule has 1 aliphatic rings. The number of piperidine rings is 1. The lowest BCUT2D eigenvalue weighted by molar-refractivity contribution is -0.143. The van der Waals surface area contributed by atoms with Crippen LogP contribution in [0.25, 0.3) is 0 Å². The van der Waals surface area contributed by atoms with Crippen LogP contribution in [0, 0.1) is 11.7 Å². The lowest BCUT2D eigenvalue weighted by atomic mass is 9.93. The molecule has 0 spiro atoms. The van der Waals surface area contributed by atoms with Gasteiger partial charge in [0.05, 0.1) is 5.69 Å². The van der Waals surface area contributed by atoms with Crippen molar-refractivity contribution in [2.45, 2.75) is 25.8 Å². The minimum Gasteiger partial charge on any atom is -0.480 e. The Morgan fingerprint density at radius 1 is 1.48 bits per heavy atom. The predicted octanol–water partition coefficient (Wildman–Crippen LogP) is 3.31. The Morgan fingerprint density at radius 2 is 2.19 bits per heavy atom. The fraction of sp³-hybridized carbons (Fsp3) is 0.429. The number of aliphatic carboxylic acids is 1. The van der Waals surface area contributed by atoms with Crippen LogP contribution in [0.5, 0.6) is 0 Å². The molecule has 21 heavy (non-hydrogen) atoms. The quantitative estimate of drug-likeness (QED) is 0.851. The molecular weight excluding hydrogens is 343 g/mol. The second-order valence-corrected chi connectivity index (χ2v) is 6.15. The van der Waals surface area contributed by atoms with E-state index < -0.39 is 23.9 Å². The summed E-state index contributed by atoms with van der Waals surface area (Å²) in [7, 11) is 0. The standard InChI is InChI=1S/C14H16BrFN2O3/c1-8-4-5-18(12(6-8)13(19)20)14(21)17-11-7-9(15)2-3-10(11)16/h2-3,7-8,12H,4-6H2,1H3,(H,17,21)(H,19,20). The highest BCUT2D eigenvalue weighted by Gasteiger charge is 2.35. The topological polar surface area (TPSA) is 69.6 Å². The molecule has 0 bridgehead atoms. The number of carbonyl (C=O) groups excluding carboxylic acids is 1. The summed E-state index contributed by atoms with van der Waals surface area (Å²) in [4.78, 5) is 24.8. The minimum atomic E-state index is -1.04. The largest absolute Gasteiger partial charge is 0.480 e. The lowest BCUT2D eigenvalue weighted by Gasteiger charge is -2.35. The molecule has 1 aromatic carbocycles. The van der Waals surface area contributed by atoms with E-state index in [0.29, 0.717) is 17.4 Å². The SMILES string of the molecule is CC1CCN(C(=O)Nc2cc(Br)ccc2F)C(C(=O)O)C1. The normalized spacial score (nSPS) is 22.0. The first-order valence-electron chi connectivity index (χ1n) is 6.64. The highest BCUT2D eigenvalue weighted by molar-refractivity contribution is 9.10. The van der Waals surface area contributed by atoms with Gasteiger partial charge in [-0.3, -0.25) is 0 Å². The van der Waals surface area contributed by atoms with Crippen LogP contribution in [0.4, 0.5) is 14.9 Å². The van der Waals surface area contributed by atoms with Crippen molar-refractivity contribution in [3.8, 4) is 0 Å². The molecule has 1 aliphatic heterocycles. The number of rotatable bonds is 2. The van der Waals surface area contributed by atoms with E-state index in [1.807, 2.05) is 6.92 Å². The molecule has 7 heteroatoms. The van der Waals surface area contributed by atoms with Gasteiger partial charge < -0.3 is 15.3 Å². The van der Waals surface area contributed by atoms with E-state index in [1.54, 1.807) is 0 Å². The molecular formula is C14H16BrFN2O3.